The first kappa shape index (κ1) is 14.7. The molecule has 2 saturated heterocycles. The van der Waals surface area contributed by atoms with Crippen LogP contribution in [-0.2, 0) is 14.6 Å². The normalized spacial score (nSPS) is 31.9. The van der Waals surface area contributed by atoms with Crippen LogP contribution in [0.1, 0.15) is 13.3 Å². The SMILES string of the molecule is CC1(C(=O)N2CCS(=O)(=O)CC2)CCNC1.Cl. The van der Waals surface area contributed by atoms with Gasteiger partial charge in [-0.05, 0) is 19.9 Å². The lowest BCUT2D eigenvalue weighted by Gasteiger charge is -2.33. The second-order valence-electron chi connectivity index (χ2n) is 4.93. The van der Waals surface area contributed by atoms with Crippen molar-refractivity contribution in [3.63, 3.8) is 0 Å². The lowest BCUT2D eigenvalue weighted by molar-refractivity contribution is -0.139. The molecule has 2 aliphatic heterocycles. The molecule has 0 saturated carbocycles. The fraction of sp³-hybridized carbons (Fsp3) is 0.900. The van der Waals surface area contributed by atoms with Crippen molar-refractivity contribution in [2.45, 2.75) is 13.3 Å². The van der Waals surface area contributed by atoms with E-state index in [-0.39, 0.29) is 35.2 Å². The van der Waals surface area contributed by atoms with E-state index >= 15 is 0 Å². The van der Waals surface area contributed by atoms with Crippen LogP contribution in [0.25, 0.3) is 0 Å². The summed E-state index contributed by atoms with van der Waals surface area (Å²) in [5, 5.41) is 3.18. The number of carbonyl (C=O) groups is 1. The lowest BCUT2D eigenvalue weighted by atomic mass is 9.88. The Labute approximate surface area is 108 Å². The van der Waals surface area contributed by atoms with Crippen LogP contribution < -0.4 is 5.32 Å². The van der Waals surface area contributed by atoms with Gasteiger partial charge in [0.15, 0.2) is 9.84 Å². The van der Waals surface area contributed by atoms with Gasteiger partial charge in [0.05, 0.1) is 16.9 Å². The standard InChI is InChI=1S/C10H18N2O3S.ClH/c1-10(2-3-11-8-10)9(13)12-4-6-16(14,15)7-5-12;/h11H,2-8H2,1H3;1H. The number of nitrogens with zero attached hydrogens (tertiary/aromatic N) is 1. The third kappa shape index (κ3) is 3.11. The average Bonchev–Trinajstić information content (AvgIpc) is 2.66. The number of nitrogens with one attached hydrogen (secondary N) is 1. The first-order chi connectivity index (χ1) is 7.43. The minimum atomic E-state index is -2.90. The molecular formula is C10H19ClN2O3S. The molecule has 0 aliphatic carbocycles. The number of hydrogen-bond donors (Lipinski definition) is 1. The van der Waals surface area contributed by atoms with Crippen LogP contribution in [-0.4, -0.2) is 56.9 Å². The highest BCUT2D eigenvalue weighted by molar-refractivity contribution is 7.91. The Kier molecular flexibility index (Phi) is 4.43. The molecule has 2 heterocycles. The van der Waals surface area contributed by atoms with Crippen LogP contribution in [0.2, 0.25) is 0 Å². The molecule has 17 heavy (non-hydrogen) atoms. The quantitative estimate of drug-likeness (QED) is 0.715. The molecule has 0 aromatic rings. The monoisotopic (exact) mass is 282 g/mol. The van der Waals surface area contributed by atoms with Crippen molar-refractivity contribution in [2.75, 3.05) is 37.7 Å². The molecule has 0 radical (unpaired) electrons. The van der Waals surface area contributed by atoms with Gasteiger partial charge in [-0.1, -0.05) is 0 Å². The molecule has 2 aliphatic rings. The Morgan fingerprint density at radius 2 is 1.88 bits per heavy atom. The van der Waals surface area contributed by atoms with Gasteiger partial charge in [-0.3, -0.25) is 4.79 Å². The van der Waals surface area contributed by atoms with E-state index in [1.165, 1.54) is 0 Å². The summed E-state index contributed by atoms with van der Waals surface area (Å²) in [6.07, 6.45) is 0.842. The fourth-order valence-electron chi connectivity index (χ4n) is 2.30. The summed E-state index contributed by atoms with van der Waals surface area (Å²) in [4.78, 5) is 13.9. The maximum absolute atomic E-state index is 12.2. The highest BCUT2D eigenvalue weighted by Gasteiger charge is 2.40. The summed E-state index contributed by atoms with van der Waals surface area (Å²) >= 11 is 0. The van der Waals surface area contributed by atoms with Crippen molar-refractivity contribution >= 4 is 28.2 Å². The van der Waals surface area contributed by atoms with E-state index in [0.717, 1.165) is 13.0 Å². The Hall–Kier alpha value is -0.330. The Morgan fingerprint density at radius 3 is 2.35 bits per heavy atom. The third-order valence-corrected chi connectivity index (χ3v) is 5.13. The zero-order valence-electron chi connectivity index (χ0n) is 9.94. The van der Waals surface area contributed by atoms with E-state index in [1.54, 1.807) is 4.90 Å². The number of amides is 1. The molecule has 2 rings (SSSR count). The summed E-state index contributed by atoms with van der Waals surface area (Å²) in [6.45, 7) is 4.25. The number of halogens is 1. The van der Waals surface area contributed by atoms with Gasteiger partial charge in [0.2, 0.25) is 5.91 Å². The highest BCUT2D eigenvalue weighted by atomic mass is 35.5. The van der Waals surface area contributed by atoms with Crippen LogP contribution in [0.4, 0.5) is 0 Å². The molecule has 100 valence electrons. The zero-order valence-corrected chi connectivity index (χ0v) is 11.6. The van der Waals surface area contributed by atoms with E-state index in [2.05, 4.69) is 5.32 Å². The van der Waals surface area contributed by atoms with Crippen molar-refractivity contribution in [2.24, 2.45) is 5.41 Å². The largest absolute Gasteiger partial charge is 0.340 e. The van der Waals surface area contributed by atoms with Crippen molar-refractivity contribution < 1.29 is 13.2 Å². The smallest absolute Gasteiger partial charge is 0.229 e. The molecule has 1 atom stereocenters. The number of hydrogen-bond acceptors (Lipinski definition) is 4. The predicted octanol–water partition coefficient (Wildman–Crippen LogP) is -0.335. The molecule has 2 fully saturated rings. The van der Waals surface area contributed by atoms with Gasteiger partial charge < -0.3 is 10.2 Å². The van der Waals surface area contributed by atoms with Crippen molar-refractivity contribution in [3.8, 4) is 0 Å². The van der Waals surface area contributed by atoms with Gasteiger partial charge in [0.1, 0.15) is 0 Å². The van der Waals surface area contributed by atoms with E-state index in [4.69, 9.17) is 0 Å². The zero-order chi connectivity index (χ0) is 11.8. The molecule has 0 aromatic carbocycles. The number of carbonyl (C=O) groups excluding carboxylic acids is 1. The summed E-state index contributed by atoms with van der Waals surface area (Å²) in [5.74, 6) is 0.331. The minimum Gasteiger partial charge on any atom is -0.340 e. The Morgan fingerprint density at radius 1 is 1.29 bits per heavy atom. The molecule has 0 aromatic heterocycles. The highest BCUT2D eigenvalue weighted by Crippen LogP contribution is 2.27. The summed E-state index contributed by atoms with van der Waals surface area (Å²) in [6, 6.07) is 0. The van der Waals surface area contributed by atoms with Crippen LogP contribution in [0.3, 0.4) is 0 Å². The summed E-state index contributed by atoms with van der Waals surface area (Å²) < 4.78 is 22.5. The predicted molar refractivity (Wildman–Crippen MR) is 68.1 cm³/mol. The fourth-order valence-corrected chi connectivity index (χ4v) is 3.50. The molecule has 7 heteroatoms. The van der Waals surface area contributed by atoms with Gasteiger partial charge in [-0.2, -0.15) is 0 Å². The van der Waals surface area contributed by atoms with Gasteiger partial charge in [-0.15, -0.1) is 12.4 Å². The van der Waals surface area contributed by atoms with E-state index in [0.29, 0.717) is 19.6 Å². The van der Waals surface area contributed by atoms with E-state index < -0.39 is 9.84 Å². The average molecular weight is 283 g/mol. The first-order valence-electron chi connectivity index (χ1n) is 5.64. The minimum absolute atomic E-state index is 0. The van der Waals surface area contributed by atoms with Crippen LogP contribution in [0, 0.1) is 5.41 Å². The maximum atomic E-state index is 12.2. The molecule has 1 amide bonds. The molecule has 0 spiro atoms. The van der Waals surface area contributed by atoms with Crippen molar-refractivity contribution in [1.82, 2.24) is 10.2 Å². The third-order valence-electron chi connectivity index (χ3n) is 3.52. The first-order valence-corrected chi connectivity index (χ1v) is 7.46. The lowest BCUT2D eigenvalue weighted by Crippen LogP contribution is -2.50. The molecule has 1 unspecified atom stereocenters. The number of rotatable bonds is 1. The van der Waals surface area contributed by atoms with Gasteiger partial charge in [0, 0.05) is 19.6 Å². The van der Waals surface area contributed by atoms with Crippen molar-refractivity contribution in [1.29, 1.82) is 0 Å². The van der Waals surface area contributed by atoms with Crippen LogP contribution in [0.15, 0.2) is 0 Å². The van der Waals surface area contributed by atoms with Gasteiger partial charge >= 0.3 is 0 Å². The second-order valence-corrected chi connectivity index (χ2v) is 7.24. The van der Waals surface area contributed by atoms with Crippen LogP contribution in [0.5, 0.6) is 0 Å². The molecule has 5 nitrogen and oxygen atoms in total. The van der Waals surface area contributed by atoms with Crippen molar-refractivity contribution in [3.05, 3.63) is 0 Å². The Bertz CT molecular complexity index is 376. The van der Waals surface area contributed by atoms with E-state index in [9.17, 15) is 13.2 Å². The maximum Gasteiger partial charge on any atom is 0.229 e. The van der Waals surface area contributed by atoms with Crippen LogP contribution >= 0.6 is 12.4 Å². The number of sulfone groups is 1. The van der Waals surface area contributed by atoms with Gasteiger partial charge in [0.25, 0.3) is 0 Å². The Balaban J connectivity index is 0.00000144. The second kappa shape index (κ2) is 5.12. The molecular weight excluding hydrogens is 264 g/mol. The molecule has 0 bridgehead atoms. The van der Waals surface area contributed by atoms with Gasteiger partial charge in [-0.25, -0.2) is 8.42 Å². The van der Waals surface area contributed by atoms with E-state index in [1.807, 2.05) is 6.92 Å². The topological polar surface area (TPSA) is 66.5 Å². The molecule has 1 N–H and O–H groups in total. The summed E-state index contributed by atoms with van der Waals surface area (Å²) in [7, 11) is -2.90. The summed E-state index contributed by atoms with van der Waals surface area (Å²) in [5.41, 5.74) is -0.332.